The van der Waals surface area contributed by atoms with Gasteiger partial charge in [0, 0.05) is 18.0 Å². The monoisotopic (exact) mass is 338 g/mol. The van der Waals surface area contributed by atoms with Crippen LogP contribution in [0.1, 0.15) is 11.3 Å². The molecule has 0 aromatic carbocycles. The Morgan fingerprint density at radius 3 is 2.75 bits per heavy atom. The highest BCUT2D eigenvalue weighted by Gasteiger charge is 2.29. The lowest BCUT2D eigenvalue weighted by Crippen LogP contribution is -2.29. The molecule has 0 radical (unpaired) electrons. The highest BCUT2D eigenvalue weighted by Crippen LogP contribution is 2.22. The van der Waals surface area contributed by atoms with Gasteiger partial charge in [-0.05, 0) is 31.5 Å². The Morgan fingerprint density at radius 2 is 2.15 bits per heavy atom. The summed E-state index contributed by atoms with van der Waals surface area (Å²) in [4.78, 5) is 0.941. The fourth-order valence-electron chi connectivity index (χ4n) is 2.10. The van der Waals surface area contributed by atoms with Crippen molar-refractivity contribution in [1.29, 1.82) is 0 Å². The zero-order valence-electron chi connectivity index (χ0n) is 11.1. The van der Waals surface area contributed by atoms with Crippen LogP contribution in [-0.2, 0) is 26.4 Å². The molecule has 9 heteroatoms. The van der Waals surface area contributed by atoms with Crippen molar-refractivity contribution in [1.82, 2.24) is 10.0 Å². The van der Waals surface area contributed by atoms with Crippen LogP contribution in [-0.4, -0.2) is 41.9 Å². The molecule has 2 rings (SSSR count). The molecule has 1 aliphatic rings. The van der Waals surface area contributed by atoms with Crippen LogP contribution in [0.25, 0.3) is 0 Å². The van der Waals surface area contributed by atoms with E-state index >= 15 is 0 Å². The molecule has 1 fully saturated rings. The Hall–Kier alpha value is -0.480. The summed E-state index contributed by atoms with van der Waals surface area (Å²) in [7, 11) is -4.71. The maximum Gasteiger partial charge on any atom is 0.250 e. The molecule has 2 N–H and O–H groups in total. The summed E-state index contributed by atoms with van der Waals surface area (Å²) < 4.78 is 49.6. The quantitative estimate of drug-likeness (QED) is 0.772. The van der Waals surface area contributed by atoms with Gasteiger partial charge in [0.05, 0.1) is 11.5 Å². The van der Waals surface area contributed by atoms with E-state index < -0.39 is 19.9 Å². The molecule has 0 aliphatic carbocycles. The maximum atomic E-state index is 12.1. The summed E-state index contributed by atoms with van der Waals surface area (Å²) in [6.07, 6.45) is 0.528. The van der Waals surface area contributed by atoms with Gasteiger partial charge in [-0.2, -0.15) is 0 Å². The largest absolute Gasteiger partial charge is 0.315 e. The van der Waals surface area contributed by atoms with Crippen molar-refractivity contribution < 1.29 is 16.8 Å². The zero-order chi connectivity index (χ0) is 14.8. The molecule has 6 nitrogen and oxygen atoms in total. The normalized spacial score (nSPS) is 22.1. The van der Waals surface area contributed by atoms with Gasteiger partial charge in [-0.25, -0.2) is 21.6 Å². The minimum atomic E-state index is -3.54. The van der Waals surface area contributed by atoms with Crippen LogP contribution in [0.2, 0.25) is 0 Å². The summed E-state index contributed by atoms with van der Waals surface area (Å²) >= 11 is 1.22. The second-order valence-corrected chi connectivity index (χ2v) is 10.3. The summed E-state index contributed by atoms with van der Waals surface area (Å²) in [6.45, 7) is 0.807. The fourth-order valence-corrected chi connectivity index (χ4v) is 6.49. The van der Waals surface area contributed by atoms with E-state index in [1.54, 1.807) is 19.2 Å². The van der Waals surface area contributed by atoms with Crippen molar-refractivity contribution in [2.75, 3.05) is 25.1 Å². The summed E-state index contributed by atoms with van der Waals surface area (Å²) in [6, 6.07) is 3.35. The molecule has 114 valence electrons. The average molecular weight is 338 g/mol. The van der Waals surface area contributed by atoms with Crippen molar-refractivity contribution >= 4 is 31.2 Å². The van der Waals surface area contributed by atoms with E-state index in [-0.39, 0.29) is 28.2 Å². The van der Waals surface area contributed by atoms with Crippen molar-refractivity contribution in [3.8, 4) is 0 Å². The molecular formula is C11H18N2O4S3. The van der Waals surface area contributed by atoms with Crippen LogP contribution in [0.15, 0.2) is 16.3 Å². The van der Waals surface area contributed by atoms with Crippen LogP contribution in [0.3, 0.4) is 0 Å². The van der Waals surface area contributed by atoms with E-state index in [9.17, 15) is 16.8 Å². The molecule has 1 aliphatic heterocycles. The Balaban J connectivity index is 1.97. The number of thiophene rings is 1. The molecule has 0 bridgehead atoms. The van der Waals surface area contributed by atoms with Gasteiger partial charge in [-0.15, -0.1) is 11.3 Å². The van der Waals surface area contributed by atoms with Crippen molar-refractivity contribution in [3.05, 3.63) is 17.0 Å². The van der Waals surface area contributed by atoms with Gasteiger partial charge in [0.25, 0.3) is 0 Å². The molecule has 20 heavy (non-hydrogen) atoms. The fraction of sp³-hybridized carbons (Fsp3) is 0.636. The highest BCUT2D eigenvalue weighted by molar-refractivity contribution is 7.92. The van der Waals surface area contributed by atoms with Crippen LogP contribution in [0, 0.1) is 5.92 Å². The van der Waals surface area contributed by atoms with Crippen LogP contribution in [0.5, 0.6) is 0 Å². The second kappa shape index (κ2) is 6.10. The number of nitrogens with one attached hydrogen (secondary N) is 2. The second-order valence-electron chi connectivity index (χ2n) is 4.87. The Labute approximate surface area is 123 Å². The lowest BCUT2D eigenvalue weighted by Gasteiger charge is -2.09. The third-order valence-electron chi connectivity index (χ3n) is 3.14. The first kappa shape index (κ1) is 15.9. The molecule has 0 spiro atoms. The third-order valence-corrected chi connectivity index (χ3v) is 7.98. The molecule has 1 unspecified atom stereocenters. The van der Waals surface area contributed by atoms with Gasteiger partial charge in [0.15, 0.2) is 9.84 Å². The lowest BCUT2D eigenvalue weighted by molar-refractivity contribution is 0.544. The summed E-state index contributed by atoms with van der Waals surface area (Å²) in [5.74, 6) is 0.113. The molecule has 1 aromatic rings. The first-order valence-corrected chi connectivity index (χ1v) is 10.4. The predicted octanol–water partition coefficient (Wildman–Crippen LogP) is 0.180. The van der Waals surface area contributed by atoms with Crippen LogP contribution >= 0.6 is 11.3 Å². The van der Waals surface area contributed by atoms with E-state index in [0.717, 1.165) is 4.88 Å². The van der Waals surface area contributed by atoms with E-state index in [2.05, 4.69) is 10.0 Å². The smallest absolute Gasteiger partial charge is 0.250 e. The first-order chi connectivity index (χ1) is 9.32. The molecule has 1 atom stereocenters. The van der Waals surface area contributed by atoms with Crippen LogP contribution < -0.4 is 10.0 Å². The van der Waals surface area contributed by atoms with Crippen molar-refractivity contribution in [2.24, 2.45) is 5.92 Å². The van der Waals surface area contributed by atoms with Gasteiger partial charge in [0.2, 0.25) is 10.0 Å². The van der Waals surface area contributed by atoms with E-state index in [0.29, 0.717) is 13.0 Å². The van der Waals surface area contributed by atoms with Crippen LogP contribution in [0.4, 0.5) is 0 Å². The van der Waals surface area contributed by atoms with Gasteiger partial charge in [-0.1, -0.05) is 0 Å². The van der Waals surface area contributed by atoms with E-state index in [1.165, 1.54) is 11.3 Å². The molecule has 0 amide bonds. The molecular weight excluding hydrogens is 320 g/mol. The summed E-state index contributed by atoms with van der Waals surface area (Å²) in [5.41, 5.74) is 0. The minimum absolute atomic E-state index is 0.0744. The summed E-state index contributed by atoms with van der Waals surface area (Å²) in [5, 5.41) is 2.96. The molecule has 0 saturated carbocycles. The lowest BCUT2D eigenvalue weighted by atomic mass is 10.1. The number of hydrogen-bond acceptors (Lipinski definition) is 6. The SMILES string of the molecule is CNCc1ccc(S(=O)(=O)NCC2CCS(=O)(=O)C2)s1. The topological polar surface area (TPSA) is 92.3 Å². The zero-order valence-corrected chi connectivity index (χ0v) is 13.6. The molecule has 2 heterocycles. The molecule has 1 aromatic heterocycles. The first-order valence-electron chi connectivity index (χ1n) is 6.26. The van der Waals surface area contributed by atoms with Gasteiger partial charge in [0.1, 0.15) is 4.21 Å². The average Bonchev–Trinajstić information content (AvgIpc) is 2.94. The molecule has 1 saturated heterocycles. The van der Waals surface area contributed by atoms with Crippen molar-refractivity contribution in [3.63, 3.8) is 0 Å². The standard InChI is InChI=1S/C11H18N2O4S3/c1-12-7-10-2-3-11(18-10)20(16,17)13-6-9-4-5-19(14,15)8-9/h2-3,9,12-13H,4-8H2,1H3. The minimum Gasteiger partial charge on any atom is -0.315 e. The van der Waals surface area contributed by atoms with Gasteiger partial charge < -0.3 is 5.32 Å². The Morgan fingerprint density at radius 1 is 1.40 bits per heavy atom. The maximum absolute atomic E-state index is 12.1. The Kier molecular flexibility index (Phi) is 4.85. The van der Waals surface area contributed by atoms with Crippen molar-refractivity contribution in [2.45, 2.75) is 17.2 Å². The number of sulfone groups is 1. The predicted molar refractivity (Wildman–Crippen MR) is 79.0 cm³/mol. The van der Waals surface area contributed by atoms with Gasteiger partial charge >= 0.3 is 0 Å². The van der Waals surface area contributed by atoms with Gasteiger partial charge in [-0.3, -0.25) is 0 Å². The number of sulfonamides is 1. The highest BCUT2D eigenvalue weighted by atomic mass is 32.2. The Bertz CT molecular complexity index is 664. The number of hydrogen-bond donors (Lipinski definition) is 2. The van der Waals surface area contributed by atoms with E-state index in [1.807, 2.05) is 0 Å². The van der Waals surface area contributed by atoms with E-state index in [4.69, 9.17) is 0 Å². The third kappa shape index (κ3) is 4.01. The number of rotatable bonds is 6.